The molecule has 0 amide bonds. The van der Waals surface area contributed by atoms with Crippen molar-refractivity contribution in [3.8, 4) is 0 Å². The summed E-state index contributed by atoms with van der Waals surface area (Å²) in [6, 6.07) is 0. The number of rotatable bonds is 6. The second kappa shape index (κ2) is 7.81. The standard InChI is InChI=1S/C26H40O4/c1-3-25(15-17-8-10-21(25)12-17)29-23(27)19-6-5-7-20(14-19)24(28)30-26(4-2)16-18-9-11-22(26)13-18/h17-22H,3-16H2,1-2H3. The van der Waals surface area contributed by atoms with Gasteiger partial charge in [-0.1, -0.05) is 20.3 Å². The summed E-state index contributed by atoms with van der Waals surface area (Å²) in [6.07, 6.45) is 14.8. The van der Waals surface area contributed by atoms with Gasteiger partial charge in [0.1, 0.15) is 11.2 Å². The molecule has 0 radical (unpaired) electrons. The quantitative estimate of drug-likeness (QED) is 0.512. The molecule has 5 rings (SSSR count). The summed E-state index contributed by atoms with van der Waals surface area (Å²) in [4.78, 5) is 26.3. The van der Waals surface area contributed by atoms with E-state index in [1.807, 2.05) is 0 Å². The Morgan fingerprint density at radius 1 is 0.700 bits per heavy atom. The molecule has 8 unspecified atom stereocenters. The van der Waals surface area contributed by atoms with E-state index in [4.69, 9.17) is 9.47 Å². The van der Waals surface area contributed by atoms with Gasteiger partial charge >= 0.3 is 11.9 Å². The van der Waals surface area contributed by atoms with Gasteiger partial charge in [-0.3, -0.25) is 9.59 Å². The maximum Gasteiger partial charge on any atom is 0.309 e. The lowest BCUT2D eigenvalue weighted by Crippen LogP contribution is -2.44. The molecule has 0 saturated heterocycles. The van der Waals surface area contributed by atoms with Gasteiger partial charge in [0.15, 0.2) is 0 Å². The minimum Gasteiger partial charge on any atom is -0.459 e. The number of hydrogen-bond donors (Lipinski definition) is 0. The summed E-state index contributed by atoms with van der Waals surface area (Å²) in [6.45, 7) is 4.35. The lowest BCUT2D eigenvalue weighted by molar-refractivity contribution is -0.178. The van der Waals surface area contributed by atoms with Gasteiger partial charge in [-0.25, -0.2) is 0 Å². The van der Waals surface area contributed by atoms with Crippen LogP contribution in [0, 0.1) is 35.5 Å². The lowest BCUT2D eigenvalue weighted by atomic mass is 9.79. The maximum atomic E-state index is 13.2. The highest BCUT2D eigenvalue weighted by Crippen LogP contribution is 2.55. The maximum absolute atomic E-state index is 13.2. The third-order valence-corrected chi connectivity index (χ3v) is 9.98. The molecule has 5 saturated carbocycles. The van der Waals surface area contributed by atoms with Gasteiger partial charge in [-0.2, -0.15) is 0 Å². The van der Waals surface area contributed by atoms with Crippen molar-refractivity contribution in [1.29, 1.82) is 0 Å². The van der Waals surface area contributed by atoms with Crippen molar-refractivity contribution < 1.29 is 19.1 Å². The molecule has 0 N–H and O–H groups in total. The predicted molar refractivity (Wildman–Crippen MR) is 115 cm³/mol. The number of carbonyl (C=O) groups excluding carboxylic acids is 2. The van der Waals surface area contributed by atoms with E-state index in [-0.39, 0.29) is 35.0 Å². The fourth-order valence-electron chi connectivity index (χ4n) is 8.23. The van der Waals surface area contributed by atoms with Crippen molar-refractivity contribution in [3.05, 3.63) is 0 Å². The Hall–Kier alpha value is -1.06. The smallest absolute Gasteiger partial charge is 0.309 e. The van der Waals surface area contributed by atoms with Gasteiger partial charge in [0.05, 0.1) is 11.8 Å². The highest BCUT2D eigenvalue weighted by Gasteiger charge is 2.54. The molecule has 0 aromatic heterocycles. The van der Waals surface area contributed by atoms with E-state index in [1.165, 1.54) is 38.5 Å². The van der Waals surface area contributed by atoms with Crippen LogP contribution in [0.4, 0.5) is 0 Å². The van der Waals surface area contributed by atoms with Crippen LogP contribution in [0.25, 0.3) is 0 Å². The SMILES string of the molecule is CCC1(OC(=O)C2CCCC(C(=O)OC3(CC)CC4CCC3C4)C2)CC2CCC1C2. The Balaban J connectivity index is 1.20. The normalized spacial score (nSPS) is 46.9. The molecule has 4 nitrogen and oxygen atoms in total. The van der Waals surface area contributed by atoms with E-state index in [0.29, 0.717) is 18.3 Å². The first-order valence-electron chi connectivity index (χ1n) is 12.9. The Kier molecular flexibility index (Phi) is 5.42. The van der Waals surface area contributed by atoms with Crippen LogP contribution in [0.3, 0.4) is 0 Å². The van der Waals surface area contributed by atoms with Crippen LogP contribution in [0.5, 0.6) is 0 Å². The number of fused-ring (bicyclic) bond motifs is 4. The molecule has 4 bridgehead atoms. The minimum absolute atomic E-state index is 0.0352. The Morgan fingerprint density at radius 3 is 1.50 bits per heavy atom. The molecule has 8 atom stereocenters. The van der Waals surface area contributed by atoms with Crippen molar-refractivity contribution in [3.63, 3.8) is 0 Å². The topological polar surface area (TPSA) is 52.6 Å². The van der Waals surface area contributed by atoms with Crippen molar-refractivity contribution in [2.24, 2.45) is 35.5 Å². The van der Waals surface area contributed by atoms with E-state index in [2.05, 4.69) is 13.8 Å². The molecule has 0 aromatic rings. The van der Waals surface area contributed by atoms with Crippen molar-refractivity contribution in [1.82, 2.24) is 0 Å². The van der Waals surface area contributed by atoms with Gasteiger partial charge in [-0.15, -0.1) is 0 Å². The molecular weight excluding hydrogens is 376 g/mol. The van der Waals surface area contributed by atoms with Gasteiger partial charge in [-0.05, 0) is 107 Å². The fourth-order valence-corrected chi connectivity index (χ4v) is 8.23. The molecule has 5 aliphatic carbocycles. The first kappa shape index (κ1) is 20.8. The molecule has 0 aromatic carbocycles. The summed E-state index contributed by atoms with van der Waals surface area (Å²) >= 11 is 0. The zero-order chi connectivity index (χ0) is 20.9. The van der Waals surface area contributed by atoms with Crippen molar-refractivity contribution in [2.45, 2.75) is 115 Å². The predicted octanol–water partition coefficient (Wildman–Crippen LogP) is 5.82. The summed E-state index contributed by atoms with van der Waals surface area (Å²) in [5.74, 6) is 2.30. The second-order valence-electron chi connectivity index (χ2n) is 11.4. The third kappa shape index (κ3) is 3.41. The monoisotopic (exact) mass is 416 g/mol. The van der Waals surface area contributed by atoms with Crippen molar-refractivity contribution >= 4 is 11.9 Å². The van der Waals surface area contributed by atoms with Crippen molar-refractivity contribution in [2.75, 3.05) is 0 Å². The molecule has 30 heavy (non-hydrogen) atoms. The highest BCUT2D eigenvalue weighted by atomic mass is 16.6. The van der Waals surface area contributed by atoms with Crippen LogP contribution in [0.15, 0.2) is 0 Å². The zero-order valence-electron chi connectivity index (χ0n) is 19.0. The molecule has 0 heterocycles. The van der Waals surface area contributed by atoms with Crippen LogP contribution in [-0.2, 0) is 19.1 Å². The number of carbonyl (C=O) groups is 2. The minimum atomic E-state index is -0.219. The molecule has 168 valence electrons. The summed E-state index contributed by atoms with van der Waals surface area (Å²) in [5.41, 5.74) is -0.439. The fraction of sp³-hybridized carbons (Fsp3) is 0.923. The summed E-state index contributed by atoms with van der Waals surface area (Å²) < 4.78 is 12.5. The molecule has 4 heteroatoms. The lowest BCUT2D eigenvalue weighted by Gasteiger charge is -2.40. The van der Waals surface area contributed by atoms with Gasteiger partial charge in [0, 0.05) is 0 Å². The van der Waals surface area contributed by atoms with E-state index < -0.39 is 0 Å². The van der Waals surface area contributed by atoms with Crippen LogP contribution >= 0.6 is 0 Å². The number of ether oxygens (including phenoxy) is 2. The largest absolute Gasteiger partial charge is 0.459 e. The Labute approximate surface area is 181 Å². The van der Waals surface area contributed by atoms with E-state index >= 15 is 0 Å². The van der Waals surface area contributed by atoms with E-state index in [0.717, 1.165) is 56.8 Å². The Bertz CT molecular complexity index is 633. The zero-order valence-corrected chi connectivity index (χ0v) is 19.0. The molecule has 0 spiro atoms. The molecule has 5 aliphatic rings. The van der Waals surface area contributed by atoms with Gasteiger partial charge in [0.2, 0.25) is 0 Å². The average molecular weight is 417 g/mol. The summed E-state index contributed by atoms with van der Waals surface area (Å²) in [7, 11) is 0. The van der Waals surface area contributed by atoms with Gasteiger partial charge in [0.25, 0.3) is 0 Å². The Morgan fingerprint density at radius 2 is 1.17 bits per heavy atom. The number of esters is 2. The van der Waals surface area contributed by atoms with Crippen LogP contribution in [-0.4, -0.2) is 23.1 Å². The van der Waals surface area contributed by atoms with E-state index in [1.54, 1.807) is 0 Å². The first-order chi connectivity index (χ1) is 14.5. The first-order valence-corrected chi connectivity index (χ1v) is 12.9. The van der Waals surface area contributed by atoms with Gasteiger partial charge < -0.3 is 9.47 Å². The molecule has 5 fully saturated rings. The highest BCUT2D eigenvalue weighted by molar-refractivity contribution is 5.77. The average Bonchev–Trinajstić information content (AvgIpc) is 3.55. The molecule has 0 aliphatic heterocycles. The van der Waals surface area contributed by atoms with Crippen LogP contribution in [0.2, 0.25) is 0 Å². The van der Waals surface area contributed by atoms with Crippen LogP contribution < -0.4 is 0 Å². The molecular formula is C26H40O4. The second-order valence-corrected chi connectivity index (χ2v) is 11.4. The third-order valence-electron chi connectivity index (χ3n) is 9.98. The van der Waals surface area contributed by atoms with E-state index in [9.17, 15) is 9.59 Å². The van der Waals surface area contributed by atoms with Crippen LogP contribution in [0.1, 0.15) is 104 Å². The summed E-state index contributed by atoms with van der Waals surface area (Å²) in [5, 5.41) is 0. The number of hydrogen-bond acceptors (Lipinski definition) is 4.